The Morgan fingerprint density at radius 1 is 1.08 bits per heavy atom. The molecule has 1 heterocycles. The summed E-state index contributed by atoms with van der Waals surface area (Å²) in [7, 11) is 2.93. The van der Waals surface area contributed by atoms with Crippen molar-refractivity contribution in [3.63, 3.8) is 0 Å². The highest BCUT2D eigenvalue weighted by Crippen LogP contribution is 2.40. The minimum Gasteiger partial charge on any atom is -0.493 e. The Morgan fingerprint density at radius 2 is 1.83 bits per heavy atom. The number of hydrogen-bond donors (Lipinski definition) is 2. The van der Waals surface area contributed by atoms with Crippen LogP contribution in [0.2, 0.25) is 0 Å². The molecule has 0 aromatic heterocycles. The van der Waals surface area contributed by atoms with Gasteiger partial charge in [-0.3, -0.25) is 10.2 Å². The molecule has 1 amide bonds. The summed E-state index contributed by atoms with van der Waals surface area (Å²) < 4.78 is 15.7. The SMILES string of the molecule is COc1ccc2c(c1OC)C(=O)O[C@@H]2NNC(=O)c1ccccc1. The third-order valence-electron chi connectivity index (χ3n) is 3.64. The first-order valence-corrected chi connectivity index (χ1v) is 7.22. The quantitative estimate of drug-likeness (QED) is 0.643. The minimum atomic E-state index is -0.806. The standard InChI is InChI=1S/C17H16N2O5/c1-22-12-9-8-11-13(14(12)23-2)17(21)24-16(11)19-18-15(20)10-6-4-3-5-7-10/h3-9,16,19H,1-2H3,(H,18,20)/t16-/m0/s1. The number of nitrogens with one attached hydrogen (secondary N) is 2. The van der Waals surface area contributed by atoms with Crippen LogP contribution in [0, 0.1) is 0 Å². The molecule has 0 radical (unpaired) electrons. The number of fused-ring (bicyclic) bond motifs is 1. The second-order valence-electron chi connectivity index (χ2n) is 5.02. The summed E-state index contributed by atoms with van der Waals surface area (Å²) in [5, 5.41) is 0. The molecule has 0 spiro atoms. The van der Waals surface area contributed by atoms with E-state index in [1.54, 1.807) is 36.4 Å². The number of cyclic esters (lactones) is 1. The van der Waals surface area contributed by atoms with E-state index >= 15 is 0 Å². The topological polar surface area (TPSA) is 85.9 Å². The molecule has 0 unspecified atom stereocenters. The molecule has 2 aromatic carbocycles. The number of rotatable bonds is 5. The van der Waals surface area contributed by atoms with E-state index < -0.39 is 12.2 Å². The van der Waals surface area contributed by atoms with Crippen molar-refractivity contribution in [1.82, 2.24) is 10.9 Å². The Kier molecular flexibility index (Phi) is 4.35. The fourth-order valence-electron chi connectivity index (χ4n) is 2.50. The number of hydrazine groups is 1. The number of ether oxygens (including phenoxy) is 3. The van der Waals surface area contributed by atoms with Gasteiger partial charge in [-0.05, 0) is 24.3 Å². The lowest BCUT2D eigenvalue weighted by Crippen LogP contribution is -2.40. The second-order valence-corrected chi connectivity index (χ2v) is 5.02. The lowest BCUT2D eigenvalue weighted by Gasteiger charge is -2.14. The first-order chi connectivity index (χ1) is 11.7. The van der Waals surface area contributed by atoms with Crippen molar-refractivity contribution in [3.05, 3.63) is 59.2 Å². The van der Waals surface area contributed by atoms with E-state index in [4.69, 9.17) is 14.2 Å². The average Bonchev–Trinajstić information content (AvgIpc) is 2.95. The molecule has 0 saturated heterocycles. The molecule has 0 aliphatic carbocycles. The number of benzene rings is 2. The summed E-state index contributed by atoms with van der Waals surface area (Å²) in [5.74, 6) is -0.145. The van der Waals surface area contributed by atoms with E-state index in [0.29, 0.717) is 22.6 Å². The Hall–Kier alpha value is -3.06. The van der Waals surface area contributed by atoms with Crippen molar-refractivity contribution < 1.29 is 23.8 Å². The first-order valence-electron chi connectivity index (χ1n) is 7.22. The molecule has 7 heteroatoms. The summed E-state index contributed by atoms with van der Waals surface area (Å²) in [6, 6.07) is 12.1. The molecule has 0 bridgehead atoms. The van der Waals surface area contributed by atoms with Crippen molar-refractivity contribution in [3.8, 4) is 11.5 Å². The Labute approximate surface area is 138 Å². The van der Waals surface area contributed by atoms with Gasteiger partial charge in [0, 0.05) is 11.1 Å². The van der Waals surface area contributed by atoms with Crippen LogP contribution in [-0.2, 0) is 4.74 Å². The van der Waals surface area contributed by atoms with Gasteiger partial charge in [-0.25, -0.2) is 4.79 Å². The zero-order chi connectivity index (χ0) is 17.1. The van der Waals surface area contributed by atoms with E-state index in [1.165, 1.54) is 14.2 Å². The number of hydrogen-bond acceptors (Lipinski definition) is 6. The van der Waals surface area contributed by atoms with Gasteiger partial charge in [0.2, 0.25) is 0 Å². The normalized spacial score (nSPS) is 15.4. The van der Waals surface area contributed by atoms with Crippen molar-refractivity contribution >= 4 is 11.9 Å². The van der Waals surface area contributed by atoms with Gasteiger partial charge in [0.15, 0.2) is 17.7 Å². The van der Waals surface area contributed by atoms with Crippen LogP contribution < -0.4 is 20.3 Å². The lowest BCUT2D eigenvalue weighted by molar-refractivity contribution is 0.0260. The molecule has 2 N–H and O–H groups in total. The monoisotopic (exact) mass is 328 g/mol. The summed E-state index contributed by atoms with van der Waals surface area (Å²) in [5.41, 5.74) is 6.58. The average molecular weight is 328 g/mol. The Balaban J connectivity index is 1.79. The fraction of sp³-hybridized carbons (Fsp3) is 0.176. The summed E-state index contributed by atoms with van der Waals surface area (Å²) in [6.07, 6.45) is -0.806. The highest BCUT2D eigenvalue weighted by Gasteiger charge is 2.36. The van der Waals surface area contributed by atoms with Crippen LogP contribution in [0.25, 0.3) is 0 Å². The van der Waals surface area contributed by atoms with Gasteiger partial charge < -0.3 is 14.2 Å². The molecule has 0 fully saturated rings. The summed E-state index contributed by atoms with van der Waals surface area (Å²) >= 11 is 0. The minimum absolute atomic E-state index is 0.281. The van der Waals surface area contributed by atoms with E-state index in [2.05, 4.69) is 10.9 Å². The molecule has 124 valence electrons. The molecular weight excluding hydrogens is 312 g/mol. The van der Waals surface area contributed by atoms with Gasteiger partial charge in [0.05, 0.1) is 14.2 Å². The second kappa shape index (κ2) is 6.59. The van der Waals surface area contributed by atoms with Crippen LogP contribution in [0.3, 0.4) is 0 Å². The van der Waals surface area contributed by atoms with Crippen LogP contribution in [-0.4, -0.2) is 26.1 Å². The van der Waals surface area contributed by atoms with E-state index in [9.17, 15) is 9.59 Å². The van der Waals surface area contributed by atoms with Crippen molar-refractivity contribution in [2.75, 3.05) is 14.2 Å². The van der Waals surface area contributed by atoms with Gasteiger partial charge in [-0.1, -0.05) is 18.2 Å². The first kappa shape index (κ1) is 15.8. The smallest absolute Gasteiger partial charge is 0.344 e. The van der Waals surface area contributed by atoms with Gasteiger partial charge in [-0.2, -0.15) is 5.43 Å². The van der Waals surface area contributed by atoms with E-state index in [-0.39, 0.29) is 11.5 Å². The third kappa shape index (κ3) is 2.77. The van der Waals surface area contributed by atoms with Crippen LogP contribution in [0.5, 0.6) is 11.5 Å². The Bertz CT molecular complexity index is 776. The predicted octanol–water partition coefficient (Wildman–Crippen LogP) is 1.81. The molecular formula is C17H16N2O5. The lowest BCUT2D eigenvalue weighted by atomic mass is 10.1. The molecule has 2 aromatic rings. The molecule has 1 aliphatic rings. The maximum atomic E-state index is 12.1. The molecule has 1 aliphatic heterocycles. The highest BCUT2D eigenvalue weighted by atomic mass is 16.6. The summed E-state index contributed by atoms with van der Waals surface area (Å²) in [4.78, 5) is 24.2. The van der Waals surface area contributed by atoms with Crippen LogP contribution >= 0.6 is 0 Å². The molecule has 7 nitrogen and oxygen atoms in total. The van der Waals surface area contributed by atoms with Gasteiger partial charge in [0.1, 0.15) is 5.56 Å². The van der Waals surface area contributed by atoms with E-state index in [0.717, 1.165) is 0 Å². The molecule has 1 atom stereocenters. The zero-order valence-corrected chi connectivity index (χ0v) is 13.2. The number of methoxy groups -OCH3 is 2. The van der Waals surface area contributed by atoms with E-state index in [1.807, 2.05) is 6.07 Å². The maximum Gasteiger partial charge on any atom is 0.344 e. The summed E-state index contributed by atoms with van der Waals surface area (Å²) in [6.45, 7) is 0. The molecule has 24 heavy (non-hydrogen) atoms. The Morgan fingerprint density at radius 3 is 2.50 bits per heavy atom. The maximum absolute atomic E-state index is 12.1. The van der Waals surface area contributed by atoms with Crippen LogP contribution in [0.15, 0.2) is 42.5 Å². The number of carbonyl (C=O) groups excluding carboxylic acids is 2. The fourth-order valence-corrected chi connectivity index (χ4v) is 2.50. The van der Waals surface area contributed by atoms with Crippen molar-refractivity contribution in [1.29, 1.82) is 0 Å². The van der Waals surface area contributed by atoms with Crippen molar-refractivity contribution in [2.45, 2.75) is 6.23 Å². The van der Waals surface area contributed by atoms with Gasteiger partial charge in [-0.15, -0.1) is 0 Å². The number of carbonyl (C=O) groups is 2. The number of esters is 1. The van der Waals surface area contributed by atoms with Gasteiger partial charge in [0.25, 0.3) is 5.91 Å². The highest BCUT2D eigenvalue weighted by molar-refractivity contribution is 5.98. The predicted molar refractivity (Wildman–Crippen MR) is 84.7 cm³/mol. The molecule has 0 saturated carbocycles. The van der Waals surface area contributed by atoms with Crippen LogP contribution in [0.4, 0.5) is 0 Å². The van der Waals surface area contributed by atoms with Crippen LogP contribution in [0.1, 0.15) is 32.5 Å². The van der Waals surface area contributed by atoms with Gasteiger partial charge >= 0.3 is 5.97 Å². The largest absolute Gasteiger partial charge is 0.493 e. The molecule has 3 rings (SSSR count). The number of amides is 1. The van der Waals surface area contributed by atoms with Crippen molar-refractivity contribution in [2.24, 2.45) is 0 Å². The zero-order valence-electron chi connectivity index (χ0n) is 13.2. The third-order valence-corrected chi connectivity index (χ3v) is 3.64.